The molecule has 1 aliphatic carbocycles. The van der Waals surface area contributed by atoms with Crippen LogP contribution in [0.15, 0.2) is 0 Å². The van der Waals surface area contributed by atoms with Gasteiger partial charge in [0.25, 0.3) is 0 Å². The quantitative estimate of drug-likeness (QED) is 0.629. The van der Waals surface area contributed by atoms with Crippen molar-refractivity contribution in [2.75, 3.05) is 6.54 Å². The first kappa shape index (κ1) is 8.92. The molecule has 1 fully saturated rings. The molecule has 0 aromatic heterocycles. The summed E-state index contributed by atoms with van der Waals surface area (Å²) in [5.41, 5.74) is 5.27. The summed E-state index contributed by atoms with van der Waals surface area (Å²) < 4.78 is 0. The second-order valence-electron chi connectivity index (χ2n) is 2.39. The topological polar surface area (TPSA) is 43.1 Å². The number of rotatable bonds is 2. The van der Waals surface area contributed by atoms with E-state index >= 15 is 0 Å². The molecule has 0 aliphatic heterocycles. The van der Waals surface area contributed by atoms with Gasteiger partial charge in [-0.1, -0.05) is 0 Å². The molecule has 1 saturated carbocycles. The van der Waals surface area contributed by atoms with E-state index in [1.54, 1.807) is 0 Å². The summed E-state index contributed by atoms with van der Waals surface area (Å²) in [7, 11) is 0. The van der Waals surface area contributed by atoms with Crippen LogP contribution in [0.3, 0.4) is 0 Å². The van der Waals surface area contributed by atoms with Gasteiger partial charge in [0.15, 0.2) is 0 Å². The van der Waals surface area contributed by atoms with Crippen molar-refractivity contribution in [1.29, 1.82) is 0 Å². The monoisotopic (exact) mass is 149 g/mol. The lowest BCUT2D eigenvalue weighted by atomic mass is 9.82. The third-order valence-corrected chi connectivity index (χ3v) is 1.61. The summed E-state index contributed by atoms with van der Waals surface area (Å²) in [6.07, 6.45) is 2.61. The predicted molar refractivity (Wildman–Crippen MR) is 38.7 cm³/mol. The summed E-state index contributed by atoms with van der Waals surface area (Å²) in [6.45, 7) is 0.734. The van der Waals surface area contributed by atoms with Crippen molar-refractivity contribution in [2.45, 2.75) is 19.3 Å². The molecule has 54 valence electrons. The van der Waals surface area contributed by atoms with Gasteiger partial charge in [0.05, 0.1) is 0 Å². The molecule has 0 amide bonds. The first-order chi connectivity index (χ1) is 3.83. The maximum absolute atomic E-state index is 10.3. The second kappa shape index (κ2) is 3.85. The Labute approximate surface area is 61.2 Å². The van der Waals surface area contributed by atoms with E-state index in [2.05, 4.69) is 0 Å². The highest BCUT2D eigenvalue weighted by Crippen LogP contribution is 2.24. The maximum Gasteiger partial charge on any atom is 0.133 e. The molecule has 0 heterocycles. The van der Waals surface area contributed by atoms with Crippen molar-refractivity contribution in [3.63, 3.8) is 0 Å². The van der Waals surface area contributed by atoms with Crippen LogP contribution in [-0.4, -0.2) is 12.3 Å². The van der Waals surface area contributed by atoms with Gasteiger partial charge in [0.1, 0.15) is 5.78 Å². The molecule has 0 spiro atoms. The highest BCUT2D eigenvalue weighted by molar-refractivity contribution is 5.85. The van der Waals surface area contributed by atoms with Crippen LogP contribution in [0.1, 0.15) is 19.3 Å². The average molecular weight is 150 g/mol. The molecule has 0 radical (unpaired) electrons. The van der Waals surface area contributed by atoms with Crippen molar-refractivity contribution in [1.82, 2.24) is 0 Å². The zero-order chi connectivity index (χ0) is 5.98. The zero-order valence-electron chi connectivity index (χ0n) is 5.30. The Kier molecular flexibility index (Phi) is 3.82. The lowest BCUT2D eigenvalue weighted by molar-refractivity contribution is -0.126. The van der Waals surface area contributed by atoms with E-state index in [1.807, 2.05) is 0 Å². The van der Waals surface area contributed by atoms with Gasteiger partial charge in [-0.2, -0.15) is 0 Å². The lowest BCUT2D eigenvalue weighted by Gasteiger charge is -2.22. The fourth-order valence-electron chi connectivity index (χ4n) is 1.02. The minimum atomic E-state index is 0. The van der Waals surface area contributed by atoms with Crippen molar-refractivity contribution in [3.05, 3.63) is 0 Å². The van der Waals surface area contributed by atoms with E-state index in [-0.39, 0.29) is 12.4 Å². The standard InChI is InChI=1S/C6H11NO.ClH/c7-2-1-5-3-6(8)4-5;/h5H,1-4,7H2;1H. The van der Waals surface area contributed by atoms with E-state index in [0.717, 1.165) is 25.8 Å². The Morgan fingerprint density at radius 2 is 2.11 bits per heavy atom. The van der Waals surface area contributed by atoms with Crippen LogP contribution in [0.5, 0.6) is 0 Å². The molecule has 9 heavy (non-hydrogen) atoms. The molecular weight excluding hydrogens is 138 g/mol. The van der Waals surface area contributed by atoms with Gasteiger partial charge in [0.2, 0.25) is 0 Å². The molecule has 3 heteroatoms. The Morgan fingerprint density at radius 3 is 2.44 bits per heavy atom. The smallest absolute Gasteiger partial charge is 0.133 e. The number of nitrogens with two attached hydrogens (primary N) is 1. The lowest BCUT2D eigenvalue weighted by Crippen LogP contribution is -2.25. The van der Waals surface area contributed by atoms with Crippen molar-refractivity contribution < 1.29 is 4.79 Å². The summed E-state index contributed by atoms with van der Waals surface area (Å²) >= 11 is 0. The van der Waals surface area contributed by atoms with Crippen molar-refractivity contribution >= 4 is 18.2 Å². The van der Waals surface area contributed by atoms with Crippen LogP contribution in [0.2, 0.25) is 0 Å². The molecule has 1 aliphatic rings. The minimum absolute atomic E-state index is 0. The van der Waals surface area contributed by atoms with E-state index < -0.39 is 0 Å². The fraction of sp³-hybridized carbons (Fsp3) is 0.833. The van der Waals surface area contributed by atoms with Gasteiger partial charge in [-0.05, 0) is 18.9 Å². The zero-order valence-corrected chi connectivity index (χ0v) is 6.12. The Bertz CT molecular complexity index is 97.2. The summed E-state index contributed by atoms with van der Waals surface area (Å²) in [5.74, 6) is 1.04. The summed E-state index contributed by atoms with van der Waals surface area (Å²) in [6, 6.07) is 0. The predicted octanol–water partition coefficient (Wildman–Crippen LogP) is 0.736. The second-order valence-corrected chi connectivity index (χ2v) is 2.39. The first-order valence-corrected chi connectivity index (χ1v) is 3.04. The molecule has 2 N–H and O–H groups in total. The van der Waals surface area contributed by atoms with Gasteiger partial charge in [-0.25, -0.2) is 0 Å². The molecule has 2 nitrogen and oxygen atoms in total. The van der Waals surface area contributed by atoms with Crippen LogP contribution < -0.4 is 5.73 Å². The van der Waals surface area contributed by atoms with Gasteiger partial charge >= 0.3 is 0 Å². The van der Waals surface area contributed by atoms with Crippen LogP contribution >= 0.6 is 12.4 Å². The third-order valence-electron chi connectivity index (χ3n) is 1.61. The normalized spacial score (nSPS) is 18.6. The summed E-state index contributed by atoms with van der Waals surface area (Å²) in [5, 5.41) is 0. The maximum atomic E-state index is 10.3. The van der Waals surface area contributed by atoms with E-state index in [9.17, 15) is 4.79 Å². The molecule has 0 bridgehead atoms. The average Bonchev–Trinajstić information content (AvgIpc) is 1.64. The van der Waals surface area contributed by atoms with Gasteiger partial charge in [-0.3, -0.25) is 4.79 Å². The van der Waals surface area contributed by atoms with Crippen LogP contribution in [0.4, 0.5) is 0 Å². The molecule has 0 aromatic carbocycles. The SMILES string of the molecule is Cl.NCCC1CC(=O)C1. The van der Waals surface area contributed by atoms with Crippen molar-refractivity contribution in [3.8, 4) is 0 Å². The number of hydrogen-bond donors (Lipinski definition) is 1. The largest absolute Gasteiger partial charge is 0.330 e. The van der Waals surface area contributed by atoms with Gasteiger partial charge < -0.3 is 5.73 Å². The number of carbonyl (C=O) groups excluding carboxylic acids is 1. The first-order valence-electron chi connectivity index (χ1n) is 3.04. The van der Waals surface area contributed by atoms with Crippen LogP contribution in [0.25, 0.3) is 0 Å². The highest BCUT2D eigenvalue weighted by atomic mass is 35.5. The number of Topliss-reactive ketones (excluding diaryl/α,β-unsaturated/α-hetero) is 1. The number of ketones is 1. The number of carbonyl (C=O) groups is 1. The molecule has 0 aromatic rings. The Hall–Kier alpha value is -0.0800. The van der Waals surface area contributed by atoms with Crippen LogP contribution in [-0.2, 0) is 4.79 Å². The molecule has 0 atom stereocenters. The number of halogens is 1. The minimum Gasteiger partial charge on any atom is -0.330 e. The highest BCUT2D eigenvalue weighted by Gasteiger charge is 2.24. The van der Waals surface area contributed by atoms with Gasteiger partial charge in [0, 0.05) is 12.8 Å². The van der Waals surface area contributed by atoms with Crippen molar-refractivity contribution in [2.24, 2.45) is 11.7 Å². The Morgan fingerprint density at radius 1 is 1.56 bits per heavy atom. The van der Waals surface area contributed by atoms with E-state index in [0.29, 0.717) is 11.7 Å². The molecular formula is C6H12ClNO. The molecule has 0 saturated heterocycles. The van der Waals surface area contributed by atoms with Gasteiger partial charge in [-0.15, -0.1) is 12.4 Å². The van der Waals surface area contributed by atoms with E-state index in [1.165, 1.54) is 0 Å². The number of hydrogen-bond acceptors (Lipinski definition) is 2. The fourth-order valence-corrected chi connectivity index (χ4v) is 1.02. The van der Waals surface area contributed by atoms with Crippen LogP contribution in [0, 0.1) is 5.92 Å². The van der Waals surface area contributed by atoms with E-state index in [4.69, 9.17) is 5.73 Å². The summed E-state index contributed by atoms with van der Waals surface area (Å²) in [4.78, 5) is 10.3. The third kappa shape index (κ3) is 2.33. The Balaban J connectivity index is 0.000000640. The molecule has 1 rings (SSSR count). The molecule has 0 unspecified atom stereocenters.